The molecule has 1 N–H and O–H groups in total. The lowest BCUT2D eigenvalue weighted by Crippen LogP contribution is -2.16. The van der Waals surface area contributed by atoms with Crippen LogP contribution in [0.15, 0.2) is 30.5 Å². The molecule has 1 aromatic heterocycles. The summed E-state index contributed by atoms with van der Waals surface area (Å²) in [4.78, 5) is 15.6. The molecule has 0 atom stereocenters. The van der Waals surface area contributed by atoms with E-state index in [1.165, 1.54) is 12.3 Å². The number of benzene rings is 1. The zero-order valence-electron chi connectivity index (χ0n) is 9.25. The van der Waals surface area contributed by atoms with E-state index in [4.69, 9.17) is 0 Å². The van der Waals surface area contributed by atoms with E-state index < -0.39 is 28.9 Å². The second-order valence-electron chi connectivity index (χ2n) is 3.54. The van der Waals surface area contributed by atoms with Crippen molar-refractivity contribution in [1.29, 1.82) is 0 Å². The predicted molar refractivity (Wildman–Crippen MR) is 71.2 cm³/mol. The maximum absolute atomic E-state index is 13.4. The van der Waals surface area contributed by atoms with E-state index in [1.54, 1.807) is 6.07 Å². The van der Waals surface area contributed by atoms with E-state index in [-0.39, 0.29) is 5.82 Å². The molecule has 98 valence electrons. The SMILES string of the molecule is O=C(Nc1ccc(I)cn1)c1ccc(F)c(F)c1F. The monoisotopic (exact) mass is 378 g/mol. The Hall–Kier alpha value is -1.64. The Balaban J connectivity index is 2.25. The Bertz CT molecular complexity index is 632. The third-order valence-electron chi connectivity index (χ3n) is 2.25. The van der Waals surface area contributed by atoms with Crippen molar-refractivity contribution in [2.75, 3.05) is 5.32 Å². The fourth-order valence-corrected chi connectivity index (χ4v) is 1.65. The molecule has 0 aliphatic carbocycles. The van der Waals surface area contributed by atoms with E-state index >= 15 is 0 Å². The Morgan fingerprint density at radius 3 is 2.47 bits per heavy atom. The van der Waals surface area contributed by atoms with Crippen LogP contribution in [0.2, 0.25) is 0 Å². The highest BCUT2D eigenvalue weighted by Crippen LogP contribution is 2.16. The average molecular weight is 378 g/mol. The molecule has 19 heavy (non-hydrogen) atoms. The third-order valence-corrected chi connectivity index (χ3v) is 2.89. The average Bonchev–Trinajstić information content (AvgIpc) is 2.39. The molecular formula is C12H6F3IN2O. The lowest BCUT2D eigenvalue weighted by Gasteiger charge is -2.06. The zero-order valence-corrected chi connectivity index (χ0v) is 11.4. The summed E-state index contributed by atoms with van der Waals surface area (Å²) < 4.78 is 40.0. The van der Waals surface area contributed by atoms with Gasteiger partial charge < -0.3 is 5.32 Å². The van der Waals surface area contributed by atoms with Crippen LogP contribution in [-0.2, 0) is 0 Å². The highest BCUT2D eigenvalue weighted by molar-refractivity contribution is 14.1. The molecule has 0 fully saturated rings. The van der Waals surface area contributed by atoms with Gasteiger partial charge in [-0.05, 0) is 46.9 Å². The van der Waals surface area contributed by atoms with E-state index in [0.717, 1.165) is 9.64 Å². The fraction of sp³-hybridized carbons (Fsp3) is 0. The van der Waals surface area contributed by atoms with E-state index in [0.29, 0.717) is 6.07 Å². The largest absolute Gasteiger partial charge is 0.306 e. The van der Waals surface area contributed by atoms with Crippen molar-refractivity contribution in [3.63, 3.8) is 0 Å². The van der Waals surface area contributed by atoms with Crippen molar-refractivity contribution >= 4 is 34.3 Å². The first kappa shape index (κ1) is 13.8. The summed E-state index contributed by atoms with van der Waals surface area (Å²) in [6.45, 7) is 0. The number of carbonyl (C=O) groups excluding carboxylic acids is 1. The highest BCUT2D eigenvalue weighted by atomic mass is 127. The van der Waals surface area contributed by atoms with Gasteiger partial charge in [-0.25, -0.2) is 18.2 Å². The van der Waals surface area contributed by atoms with Crippen LogP contribution in [0.4, 0.5) is 19.0 Å². The van der Waals surface area contributed by atoms with Gasteiger partial charge in [-0.15, -0.1) is 0 Å². The molecule has 0 spiro atoms. The topological polar surface area (TPSA) is 42.0 Å². The molecule has 1 amide bonds. The number of hydrogen-bond donors (Lipinski definition) is 1. The van der Waals surface area contributed by atoms with Gasteiger partial charge in [0.05, 0.1) is 5.56 Å². The number of aromatic nitrogens is 1. The van der Waals surface area contributed by atoms with Gasteiger partial charge >= 0.3 is 0 Å². The molecule has 7 heteroatoms. The standard InChI is InChI=1S/C12H6F3IN2O/c13-8-3-2-7(10(14)11(8)15)12(19)18-9-4-1-6(16)5-17-9/h1-5H,(H,17,18,19). The van der Waals surface area contributed by atoms with Gasteiger partial charge in [-0.2, -0.15) is 0 Å². The molecule has 0 saturated heterocycles. The van der Waals surface area contributed by atoms with Crippen LogP contribution in [0, 0.1) is 21.0 Å². The Morgan fingerprint density at radius 2 is 1.84 bits per heavy atom. The highest BCUT2D eigenvalue weighted by Gasteiger charge is 2.18. The van der Waals surface area contributed by atoms with Crippen molar-refractivity contribution in [2.24, 2.45) is 0 Å². The quantitative estimate of drug-likeness (QED) is 0.644. The minimum Gasteiger partial charge on any atom is -0.306 e. The Labute approximate surface area is 120 Å². The summed E-state index contributed by atoms with van der Waals surface area (Å²) in [6.07, 6.45) is 1.50. The van der Waals surface area contributed by atoms with E-state index in [1.807, 2.05) is 22.6 Å². The van der Waals surface area contributed by atoms with Gasteiger partial charge in [0, 0.05) is 9.77 Å². The van der Waals surface area contributed by atoms with Crippen molar-refractivity contribution in [3.05, 3.63) is 57.0 Å². The van der Waals surface area contributed by atoms with E-state index in [9.17, 15) is 18.0 Å². The van der Waals surface area contributed by atoms with Crippen molar-refractivity contribution in [1.82, 2.24) is 4.98 Å². The molecule has 1 aromatic carbocycles. The van der Waals surface area contributed by atoms with Crippen LogP contribution in [-0.4, -0.2) is 10.9 Å². The summed E-state index contributed by atoms with van der Waals surface area (Å²) in [5.41, 5.74) is -0.584. The van der Waals surface area contributed by atoms with Crippen LogP contribution >= 0.6 is 22.6 Å². The normalized spacial score (nSPS) is 10.3. The molecule has 1 heterocycles. The van der Waals surface area contributed by atoms with Crippen LogP contribution in [0.25, 0.3) is 0 Å². The molecule has 2 aromatic rings. The predicted octanol–water partition coefficient (Wildman–Crippen LogP) is 3.36. The summed E-state index contributed by atoms with van der Waals surface area (Å²) in [6, 6.07) is 4.76. The summed E-state index contributed by atoms with van der Waals surface area (Å²) in [5, 5.41) is 2.29. The molecule has 0 aliphatic heterocycles. The first-order valence-electron chi connectivity index (χ1n) is 5.05. The van der Waals surface area contributed by atoms with Crippen LogP contribution in [0.1, 0.15) is 10.4 Å². The van der Waals surface area contributed by atoms with Gasteiger partial charge in [0.2, 0.25) is 0 Å². The van der Waals surface area contributed by atoms with Crippen LogP contribution < -0.4 is 5.32 Å². The Morgan fingerprint density at radius 1 is 1.11 bits per heavy atom. The maximum atomic E-state index is 13.4. The first-order chi connectivity index (χ1) is 8.99. The second kappa shape index (κ2) is 5.55. The van der Waals surface area contributed by atoms with Crippen molar-refractivity contribution in [3.8, 4) is 0 Å². The molecular weight excluding hydrogens is 372 g/mol. The molecule has 0 aliphatic rings. The number of halogens is 4. The van der Waals surface area contributed by atoms with Gasteiger partial charge in [0.15, 0.2) is 17.5 Å². The summed E-state index contributed by atoms with van der Waals surface area (Å²) in [7, 11) is 0. The first-order valence-corrected chi connectivity index (χ1v) is 6.13. The molecule has 0 radical (unpaired) electrons. The van der Waals surface area contributed by atoms with Gasteiger partial charge in [-0.3, -0.25) is 4.79 Å². The lowest BCUT2D eigenvalue weighted by atomic mass is 10.2. The zero-order chi connectivity index (χ0) is 14.0. The molecule has 0 bridgehead atoms. The van der Waals surface area contributed by atoms with Crippen LogP contribution in [0.5, 0.6) is 0 Å². The second-order valence-corrected chi connectivity index (χ2v) is 4.78. The lowest BCUT2D eigenvalue weighted by molar-refractivity contribution is 0.102. The summed E-state index contributed by atoms with van der Waals surface area (Å²) >= 11 is 2.03. The van der Waals surface area contributed by atoms with Gasteiger partial charge in [0.25, 0.3) is 5.91 Å². The van der Waals surface area contributed by atoms with Gasteiger partial charge in [0.1, 0.15) is 5.82 Å². The number of nitrogens with one attached hydrogen (secondary N) is 1. The number of rotatable bonds is 2. The molecule has 3 nitrogen and oxygen atoms in total. The molecule has 0 saturated carbocycles. The number of pyridine rings is 1. The number of hydrogen-bond acceptors (Lipinski definition) is 2. The third kappa shape index (κ3) is 3.03. The van der Waals surface area contributed by atoms with Crippen molar-refractivity contribution in [2.45, 2.75) is 0 Å². The van der Waals surface area contributed by atoms with Crippen molar-refractivity contribution < 1.29 is 18.0 Å². The number of amides is 1. The fourth-order valence-electron chi connectivity index (χ4n) is 1.33. The number of carbonyl (C=O) groups is 1. The Kier molecular flexibility index (Phi) is 4.03. The number of anilines is 1. The number of nitrogens with zero attached hydrogens (tertiary/aromatic N) is 1. The minimum atomic E-state index is -1.68. The smallest absolute Gasteiger partial charge is 0.259 e. The van der Waals surface area contributed by atoms with Gasteiger partial charge in [-0.1, -0.05) is 0 Å². The van der Waals surface area contributed by atoms with E-state index in [2.05, 4.69) is 10.3 Å². The van der Waals surface area contributed by atoms with Crippen LogP contribution in [0.3, 0.4) is 0 Å². The summed E-state index contributed by atoms with van der Waals surface area (Å²) in [5.74, 6) is -5.26. The minimum absolute atomic E-state index is 0.189. The molecule has 2 rings (SSSR count). The maximum Gasteiger partial charge on any atom is 0.259 e. The molecule has 0 unspecified atom stereocenters.